The second kappa shape index (κ2) is 7.76. The quantitative estimate of drug-likeness (QED) is 0.783. The maximum Gasteiger partial charge on any atom is 0.253 e. The van der Waals surface area contributed by atoms with Crippen molar-refractivity contribution in [2.45, 2.75) is 6.04 Å². The van der Waals surface area contributed by atoms with Crippen molar-refractivity contribution in [1.29, 1.82) is 0 Å². The van der Waals surface area contributed by atoms with E-state index in [2.05, 4.69) is 10.6 Å². The van der Waals surface area contributed by atoms with E-state index in [0.717, 1.165) is 30.3 Å². The van der Waals surface area contributed by atoms with Gasteiger partial charge in [-0.2, -0.15) is 0 Å². The lowest BCUT2D eigenvalue weighted by molar-refractivity contribution is -0.122. The van der Waals surface area contributed by atoms with Gasteiger partial charge < -0.3 is 10.6 Å². The van der Waals surface area contributed by atoms with Gasteiger partial charge in [0.25, 0.3) is 5.91 Å². The highest BCUT2D eigenvalue weighted by Crippen LogP contribution is 2.25. The van der Waals surface area contributed by atoms with E-state index < -0.39 is 35.3 Å². The summed E-state index contributed by atoms with van der Waals surface area (Å²) in [5.74, 6) is -4.74. The fourth-order valence-corrected chi connectivity index (χ4v) is 2.51. The lowest BCUT2D eigenvalue weighted by Gasteiger charge is -2.18. The maximum atomic E-state index is 13.6. The number of hydrogen-bond acceptors (Lipinski definition) is 2. The molecule has 2 aromatic carbocycles. The van der Waals surface area contributed by atoms with Crippen LogP contribution < -0.4 is 10.6 Å². The van der Waals surface area contributed by atoms with Gasteiger partial charge in [-0.1, -0.05) is 29.3 Å². The summed E-state index contributed by atoms with van der Waals surface area (Å²) in [4.78, 5) is 24.3. The van der Waals surface area contributed by atoms with Crippen LogP contribution in [0.4, 0.5) is 13.2 Å². The molecule has 2 aromatic rings. The molecule has 0 saturated heterocycles. The molecule has 4 nitrogen and oxygen atoms in total. The SMILES string of the molecule is CNC(=O)C(NC(=O)c1cc(F)c(Cl)cc1Cl)c1ccc(F)c(F)c1. The first kappa shape index (κ1) is 19.1. The van der Waals surface area contributed by atoms with E-state index in [1.165, 1.54) is 7.05 Å². The van der Waals surface area contributed by atoms with Crippen molar-refractivity contribution < 1.29 is 22.8 Å². The number of carbonyl (C=O) groups is 2. The van der Waals surface area contributed by atoms with Crippen LogP contribution in [0.5, 0.6) is 0 Å². The number of carbonyl (C=O) groups excluding carboxylic acids is 2. The van der Waals surface area contributed by atoms with E-state index in [4.69, 9.17) is 23.2 Å². The Kier molecular flexibility index (Phi) is 5.92. The topological polar surface area (TPSA) is 58.2 Å². The van der Waals surface area contributed by atoms with Crippen molar-refractivity contribution in [3.05, 3.63) is 69.0 Å². The molecule has 0 radical (unpaired) electrons. The van der Waals surface area contributed by atoms with Gasteiger partial charge in [-0.15, -0.1) is 0 Å². The van der Waals surface area contributed by atoms with Gasteiger partial charge in [0.15, 0.2) is 11.6 Å². The summed E-state index contributed by atoms with van der Waals surface area (Å²) in [5, 5.41) is 4.18. The molecule has 132 valence electrons. The molecule has 0 bridgehead atoms. The number of hydrogen-bond donors (Lipinski definition) is 2. The monoisotopic (exact) mass is 390 g/mol. The van der Waals surface area contributed by atoms with Crippen LogP contribution in [0.3, 0.4) is 0 Å². The fourth-order valence-electron chi connectivity index (χ4n) is 2.04. The van der Waals surface area contributed by atoms with Gasteiger partial charge >= 0.3 is 0 Å². The summed E-state index contributed by atoms with van der Waals surface area (Å²) in [5.41, 5.74) is -0.266. The summed E-state index contributed by atoms with van der Waals surface area (Å²) in [6.45, 7) is 0. The van der Waals surface area contributed by atoms with Gasteiger partial charge in [-0.3, -0.25) is 9.59 Å². The molecule has 1 atom stereocenters. The molecular weight excluding hydrogens is 380 g/mol. The number of amides is 2. The van der Waals surface area contributed by atoms with Crippen molar-refractivity contribution in [3.63, 3.8) is 0 Å². The molecule has 2 rings (SSSR count). The van der Waals surface area contributed by atoms with Gasteiger partial charge in [-0.05, 0) is 29.8 Å². The van der Waals surface area contributed by atoms with E-state index in [0.29, 0.717) is 0 Å². The Morgan fingerprint density at radius 1 is 0.960 bits per heavy atom. The van der Waals surface area contributed by atoms with E-state index in [1.807, 2.05) is 0 Å². The predicted molar refractivity (Wildman–Crippen MR) is 87.1 cm³/mol. The third kappa shape index (κ3) is 4.24. The number of rotatable bonds is 4. The number of nitrogens with one attached hydrogen (secondary N) is 2. The van der Waals surface area contributed by atoms with Gasteiger partial charge in [-0.25, -0.2) is 13.2 Å². The molecule has 0 fully saturated rings. The first-order valence-electron chi connectivity index (χ1n) is 6.86. The summed E-state index contributed by atoms with van der Waals surface area (Å²) >= 11 is 11.4. The molecule has 2 N–H and O–H groups in total. The van der Waals surface area contributed by atoms with Crippen LogP contribution in [0.2, 0.25) is 10.0 Å². The van der Waals surface area contributed by atoms with Crippen LogP contribution in [0, 0.1) is 17.5 Å². The lowest BCUT2D eigenvalue weighted by Crippen LogP contribution is -2.39. The van der Waals surface area contributed by atoms with Crippen molar-refractivity contribution >= 4 is 35.0 Å². The van der Waals surface area contributed by atoms with Crippen molar-refractivity contribution in [1.82, 2.24) is 10.6 Å². The first-order valence-corrected chi connectivity index (χ1v) is 7.62. The largest absolute Gasteiger partial charge is 0.357 e. The molecule has 0 aliphatic rings. The summed E-state index contributed by atoms with van der Waals surface area (Å²) < 4.78 is 40.1. The van der Waals surface area contributed by atoms with Crippen LogP contribution in [0.15, 0.2) is 30.3 Å². The van der Waals surface area contributed by atoms with E-state index in [9.17, 15) is 22.8 Å². The summed E-state index contributed by atoms with van der Waals surface area (Å²) in [6, 6.07) is 3.25. The molecule has 9 heteroatoms. The van der Waals surface area contributed by atoms with Gasteiger partial charge in [0.2, 0.25) is 5.91 Å². The Labute approximate surface area is 150 Å². The third-order valence-corrected chi connectivity index (χ3v) is 3.92. The Hall–Kier alpha value is -2.25. The van der Waals surface area contributed by atoms with Gasteiger partial charge in [0, 0.05) is 7.05 Å². The molecule has 0 saturated carbocycles. The Morgan fingerprint density at radius 3 is 2.24 bits per heavy atom. The van der Waals surface area contributed by atoms with Crippen LogP contribution in [0.25, 0.3) is 0 Å². The minimum atomic E-state index is -1.34. The average molecular weight is 391 g/mol. The smallest absolute Gasteiger partial charge is 0.253 e. The molecule has 2 amide bonds. The fraction of sp³-hybridized carbons (Fsp3) is 0.125. The maximum absolute atomic E-state index is 13.6. The van der Waals surface area contributed by atoms with Crippen LogP contribution in [-0.2, 0) is 4.79 Å². The van der Waals surface area contributed by atoms with Crippen LogP contribution >= 0.6 is 23.2 Å². The highest BCUT2D eigenvalue weighted by Gasteiger charge is 2.25. The average Bonchev–Trinajstić information content (AvgIpc) is 2.57. The predicted octanol–water partition coefficient (Wildman–Crippen LogP) is 3.63. The highest BCUT2D eigenvalue weighted by molar-refractivity contribution is 6.36. The number of benzene rings is 2. The second-order valence-corrected chi connectivity index (χ2v) is 5.75. The van der Waals surface area contributed by atoms with Crippen LogP contribution in [-0.4, -0.2) is 18.9 Å². The normalized spacial score (nSPS) is 11.8. The molecule has 0 aliphatic heterocycles. The number of likely N-dealkylation sites (N-methyl/N-ethyl adjacent to an activating group) is 1. The zero-order chi connectivity index (χ0) is 18.7. The Morgan fingerprint density at radius 2 is 1.64 bits per heavy atom. The zero-order valence-electron chi connectivity index (χ0n) is 12.7. The third-order valence-electron chi connectivity index (χ3n) is 3.32. The van der Waals surface area contributed by atoms with E-state index in [-0.39, 0.29) is 21.2 Å². The highest BCUT2D eigenvalue weighted by atomic mass is 35.5. The lowest BCUT2D eigenvalue weighted by atomic mass is 10.0. The van der Waals surface area contributed by atoms with Crippen molar-refractivity contribution in [2.75, 3.05) is 7.05 Å². The molecule has 0 spiro atoms. The molecule has 25 heavy (non-hydrogen) atoms. The van der Waals surface area contributed by atoms with Gasteiger partial charge in [0.1, 0.15) is 11.9 Å². The zero-order valence-corrected chi connectivity index (χ0v) is 14.2. The van der Waals surface area contributed by atoms with Gasteiger partial charge in [0.05, 0.1) is 15.6 Å². The van der Waals surface area contributed by atoms with Crippen LogP contribution in [0.1, 0.15) is 22.0 Å². The molecule has 1 unspecified atom stereocenters. The Balaban J connectivity index is 2.37. The minimum Gasteiger partial charge on any atom is -0.357 e. The Bertz CT molecular complexity index is 846. The minimum absolute atomic E-state index is 0.00263. The van der Waals surface area contributed by atoms with Crippen molar-refractivity contribution in [2.24, 2.45) is 0 Å². The van der Waals surface area contributed by atoms with E-state index >= 15 is 0 Å². The standard InChI is InChI=1S/C16H11Cl2F3N2O2/c1-22-16(25)14(7-2-3-11(19)13(21)4-7)23-15(24)8-5-12(20)10(18)6-9(8)17/h2-6,14H,1H3,(H,22,25)(H,23,24). The molecule has 0 aliphatic carbocycles. The number of halogens is 5. The molecular formula is C16H11Cl2F3N2O2. The molecule has 0 heterocycles. The first-order chi connectivity index (χ1) is 11.7. The molecule has 0 aromatic heterocycles. The second-order valence-electron chi connectivity index (χ2n) is 4.94. The van der Waals surface area contributed by atoms with Crippen molar-refractivity contribution in [3.8, 4) is 0 Å². The van der Waals surface area contributed by atoms with E-state index in [1.54, 1.807) is 0 Å². The summed E-state index contributed by atoms with van der Waals surface area (Å²) in [7, 11) is 1.30. The summed E-state index contributed by atoms with van der Waals surface area (Å²) in [6.07, 6.45) is 0.